The number of nitrogen functional groups attached to an aromatic ring is 1. The summed E-state index contributed by atoms with van der Waals surface area (Å²) in [6, 6.07) is 3.56. The van der Waals surface area contributed by atoms with Crippen molar-refractivity contribution in [2.24, 2.45) is 0 Å². The van der Waals surface area contributed by atoms with Crippen LogP contribution in [-0.2, 0) is 4.79 Å². The van der Waals surface area contributed by atoms with Crippen molar-refractivity contribution < 1.29 is 9.18 Å². The normalized spacial score (nSPS) is 9.30. The van der Waals surface area contributed by atoms with Crippen molar-refractivity contribution in [3.05, 3.63) is 29.6 Å². The molecule has 2 nitrogen and oxygen atoms in total. The molecular weight excluding hydrogens is 133 g/mol. The Bertz CT molecular complexity index is 260. The van der Waals surface area contributed by atoms with Crippen molar-refractivity contribution >= 4 is 12.0 Å². The summed E-state index contributed by atoms with van der Waals surface area (Å²) in [6.07, 6.45) is 1.52. The number of rotatable bonds is 1. The van der Waals surface area contributed by atoms with Gasteiger partial charge in [-0.05, 0) is 18.2 Å². The fourth-order valence-corrected chi connectivity index (χ4v) is 0.617. The summed E-state index contributed by atoms with van der Waals surface area (Å²) >= 11 is 0. The summed E-state index contributed by atoms with van der Waals surface area (Å²) < 4.78 is 12.3. The Morgan fingerprint density at radius 2 is 2.20 bits per heavy atom. The number of benzene rings is 1. The number of nitrogens with two attached hydrogens (primary N) is 1. The first-order chi connectivity index (χ1) is 4.74. The first-order valence-corrected chi connectivity index (χ1v) is 2.67. The molecule has 0 amide bonds. The lowest BCUT2D eigenvalue weighted by molar-refractivity contribution is 0.562. The molecule has 0 fully saturated rings. The largest absolute Gasteiger partial charge is 0.398 e. The zero-order valence-electron chi connectivity index (χ0n) is 5.10. The van der Waals surface area contributed by atoms with Crippen LogP contribution in [0.5, 0.6) is 0 Å². The predicted octanol–water partition coefficient (Wildman–Crippen LogP) is 0.866. The predicted molar refractivity (Wildman–Crippen MR) is 35.6 cm³/mol. The molecule has 0 spiro atoms. The lowest BCUT2D eigenvalue weighted by Gasteiger charge is -1.94. The van der Waals surface area contributed by atoms with Gasteiger partial charge in [-0.3, -0.25) is 4.79 Å². The molecule has 2 N–H and O–H groups in total. The average molecular weight is 138 g/mol. The van der Waals surface area contributed by atoms with E-state index in [4.69, 9.17) is 5.73 Å². The lowest BCUT2D eigenvalue weighted by Crippen LogP contribution is -1.92. The quantitative estimate of drug-likeness (QED) is 0.585. The molecule has 0 atom stereocenters. The van der Waals surface area contributed by atoms with Gasteiger partial charge in [0.2, 0.25) is 6.29 Å². The highest BCUT2D eigenvalue weighted by atomic mass is 19.1. The van der Waals surface area contributed by atoms with Gasteiger partial charge in [-0.2, -0.15) is 0 Å². The molecule has 0 unspecified atom stereocenters. The Kier molecular flexibility index (Phi) is 1.67. The zero-order chi connectivity index (χ0) is 7.56. The van der Waals surface area contributed by atoms with Gasteiger partial charge in [0.25, 0.3) is 0 Å². The second kappa shape index (κ2) is 2.47. The first-order valence-electron chi connectivity index (χ1n) is 2.67. The van der Waals surface area contributed by atoms with Crippen LogP contribution in [0.15, 0.2) is 18.2 Å². The molecule has 0 saturated heterocycles. The summed E-state index contributed by atoms with van der Waals surface area (Å²) in [6.45, 7) is 0. The second-order valence-corrected chi connectivity index (χ2v) is 1.83. The molecule has 0 saturated carbocycles. The highest BCUT2D eigenvalue weighted by molar-refractivity contribution is 5.83. The number of hydrogen-bond donors (Lipinski definition) is 1. The van der Waals surface area contributed by atoms with Gasteiger partial charge in [-0.15, -0.1) is 0 Å². The van der Waals surface area contributed by atoms with Crippen molar-refractivity contribution in [3.63, 3.8) is 0 Å². The third kappa shape index (κ3) is 1.13. The highest BCUT2D eigenvalue weighted by Crippen LogP contribution is 2.09. The number of hydrogen-bond acceptors (Lipinski definition) is 2. The molecule has 0 bridgehead atoms. The lowest BCUT2D eigenvalue weighted by atomic mass is 10.2. The zero-order valence-corrected chi connectivity index (χ0v) is 5.10. The topological polar surface area (TPSA) is 43.1 Å². The maximum absolute atomic E-state index is 12.3. The van der Waals surface area contributed by atoms with Gasteiger partial charge in [-0.25, -0.2) is 4.39 Å². The molecule has 0 aliphatic carbocycles. The Morgan fingerprint density at radius 3 is 2.70 bits per heavy atom. The average Bonchev–Trinajstić information content (AvgIpc) is 1.94. The fourth-order valence-electron chi connectivity index (χ4n) is 0.617. The van der Waals surface area contributed by atoms with E-state index < -0.39 is 5.82 Å². The van der Waals surface area contributed by atoms with E-state index in [1.807, 2.05) is 0 Å². The van der Waals surface area contributed by atoms with Crippen molar-refractivity contribution in [1.29, 1.82) is 0 Å². The first kappa shape index (κ1) is 6.74. The number of carbonyl (C=O) groups excluding carboxylic acids is 1. The third-order valence-corrected chi connectivity index (χ3v) is 1.13. The molecule has 1 radical (unpaired) electrons. The van der Waals surface area contributed by atoms with E-state index in [2.05, 4.69) is 0 Å². The second-order valence-electron chi connectivity index (χ2n) is 1.83. The van der Waals surface area contributed by atoms with Crippen LogP contribution in [0, 0.1) is 5.82 Å². The van der Waals surface area contributed by atoms with Crippen molar-refractivity contribution in [2.75, 3.05) is 5.73 Å². The molecule has 1 rings (SSSR count). The molecule has 0 heterocycles. The van der Waals surface area contributed by atoms with Crippen LogP contribution in [0.25, 0.3) is 0 Å². The Labute approximate surface area is 57.5 Å². The van der Waals surface area contributed by atoms with Crippen molar-refractivity contribution in [2.45, 2.75) is 0 Å². The van der Waals surface area contributed by atoms with E-state index >= 15 is 0 Å². The van der Waals surface area contributed by atoms with Gasteiger partial charge in [0, 0.05) is 5.69 Å². The Balaban J connectivity index is 3.21. The van der Waals surface area contributed by atoms with Crippen LogP contribution in [0.4, 0.5) is 10.1 Å². The van der Waals surface area contributed by atoms with Gasteiger partial charge in [-0.1, -0.05) is 0 Å². The van der Waals surface area contributed by atoms with E-state index in [-0.39, 0.29) is 11.3 Å². The molecule has 10 heavy (non-hydrogen) atoms. The number of anilines is 1. The van der Waals surface area contributed by atoms with E-state index in [0.29, 0.717) is 0 Å². The Hall–Kier alpha value is -1.38. The molecule has 51 valence electrons. The van der Waals surface area contributed by atoms with Gasteiger partial charge in [0.15, 0.2) is 0 Å². The monoisotopic (exact) mass is 138 g/mol. The van der Waals surface area contributed by atoms with Gasteiger partial charge < -0.3 is 5.73 Å². The van der Waals surface area contributed by atoms with E-state index in [1.54, 1.807) is 0 Å². The third-order valence-electron chi connectivity index (χ3n) is 1.13. The standard InChI is InChI=1S/C7H5FNO/c8-6-1-2-7(9)5(3-6)4-10/h1-3H,9H2. The van der Waals surface area contributed by atoms with E-state index in [1.165, 1.54) is 18.4 Å². The van der Waals surface area contributed by atoms with Crippen LogP contribution in [0.1, 0.15) is 5.56 Å². The maximum atomic E-state index is 12.3. The van der Waals surface area contributed by atoms with E-state index in [9.17, 15) is 9.18 Å². The smallest absolute Gasteiger partial charge is 0.235 e. The maximum Gasteiger partial charge on any atom is 0.235 e. The van der Waals surface area contributed by atoms with Gasteiger partial charge in [0.1, 0.15) is 5.82 Å². The van der Waals surface area contributed by atoms with Gasteiger partial charge in [0.05, 0.1) is 5.56 Å². The molecule has 0 aromatic heterocycles. The van der Waals surface area contributed by atoms with Gasteiger partial charge >= 0.3 is 0 Å². The van der Waals surface area contributed by atoms with Crippen LogP contribution >= 0.6 is 0 Å². The molecular formula is C7H5FNO. The van der Waals surface area contributed by atoms with Crippen LogP contribution < -0.4 is 5.73 Å². The minimum absolute atomic E-state index is 0.0694. The minimum Gasteiger partial charge on any atom is -0.398 e. The fraction of sp³-hybridized carbons (Fsp3) is 0. The highest BCUT2D eigenvalue weighted by Gasteiger charge is 1.98. The summed E-state index contributed by atoms with van der Waals surface area (Å²) in [5.41, 5.74) is 5.59. The summed E-state index contributed by atoms with van der Waals surface area (Å²) in [5, 5.41) is 0. The van der Waals surface area contributed by atoms with Crippen LogP contribution in [0.2, 0.25) is 0 Å². The molecule has 3 heteroatoms. The van der Waals surface area contributed by atoms with Crippen molar-refractivity contribution in [3.8, 4) is 0 Å². The Morgan fingerprint density at radius 1 is 1.50 bits per heavy atom. The minimum atomic E-state index is -0.479. The molecule has 0 aliphatic rings. The summed E-state index contributed by atoms with van der Waals surface area (Å²) in [7, 11) is 0. The molecule has 1 aromatic carbocycles. The van der Waals surface area contributed by atoms with Crippen molar-refractivity contribution in [1.82, 2.24) is 0 Å². The van der Waals surface area contributed by atoms with E-state index in [0.717, 1.165) is 6.07 Å². The SMILES string of the molecule is Nc1ccc(F)cc1[C]=O. The number of halogens is 1. The summed E-state index contributed by atoms with van der Waals surface area (Å²) in [4.78, 5) is 10.0. The molecule has 1 aromatic rings. The summed E-state index contributed by atoms with van der Waals surface area (Å²) in [5.74, 6) is -0.479. The molecule has 0 aliphatic heterocycles. The van der Waals surface area contributed by atoms with Crippen LogP contribution in [0.3, 0.4) is 0 Å². The van der Waals surface area contributed by atoms with Crippen LogP contribution in [-0.4, -0.2) is 6.29 Å².